The van der Waals surface area contributed by atoms with Crippen molar-refractivity contribution in [3.63, 3.8) is 0 Å². The van der Waals surface area contributed by atoms with E-state index in [2.05, 4.69) is 24.3 Å². The van der Waals surface area contributed by atoms with Gasteiger partial charge in [-0.05, 0) is 32.3 Å². The molecule has 0 bridgehead atoms. The Morgan fingerprint density at radius 1 is 1.53 bits per heavy atom. The van der Waals surface area contributed by atoms with Crippen molar-refractivity contribution in [1.29, 1.82) is 0 Å². The van der Waals surface area contributed by atoms with Gasteiger partial charge in [0.25, 0.3) is 0 Å². The maximum atomic E-state index is 10.2. The zero-order valence-electron chi connectivity index (χ0n) is 12.2. The van der Waals surface area contributed by atoms with Crippen LogP contribution in [0.2, 0.25) is 0 Å². The molecule has 0 spiro atoms. The molecule has 0 aromatic carbocycles. The fourth-order valence-electron chi connectivity index (χ4n) is 2.86. The molecular formula is C15H27N3O. The van der Waals surface area contributed by atoms with Crippen LogP contribution in [0.25, 0.3) is 0 Å². The Kier molecular flexibility index (Phi) is 4.99. The van der Waals surface area contributed by atoms with E-state index in [0.717, 1.165) is 32.4 Å². The highest BCUT2D eigenvalue weighted by Crippen LogP contribution is 2.35. The number of hydrogen-bond acceptors (Lipinski definition) is 3. The number of hydrogen-bond donors (Lipinski definition) is 2. The van der Waals surface area contributed by atoms with E-state index in [1.54, 1.807) is 0 Å². The van der Waals surface area contributed by atoms with Crippen molar-refractivity contribution < 1.29 is 5.11 Å². The lowest BCUT2D eigenvalue weighted by Crippen LogP contribution is -2.45. The molecule has 3 unspecified atom stereocenters. The molecule has 0 aliphatic heterocycles. The van der Waals surface area contributed by atoms with Gasteiger partial charge in [0.1, 0.15) is 0 Å². The number of aromatic nitrogens is 2. The third-order valence-corrected chi connectivity index (χ3v) is 4.48. The molecule has 0 amide bonds. The first kappa shape index (κ1) is 14.5. The number of nitrogens with one attached hydrogen (secondary N) is 1. The predicted molar refractivity (Wildman–Crippen MR) is 76.9 cm³/mol. The number of aryl methyl sites for hydroxylation is 1. The van der Waals surface area contributed by atoms with Gasteiger partial charge in [-0.25, -0.2) is 0 Å². The van der Waals surface area contributed by atoms with Crippen LogP contribution in [0.15, 0.2) is 18.5 Å². The van der Waals surface area contributed by atoms with E-state index in [9.17, 15) is 5.11 Å². The summed E-state index contributed by atoms with van der Waals surface area (Å²) < 4.78 is 1.97. The van der Waals surface area contributed by atoms with Crippen LogP contribution in [0.5, 0.6) is 0 Å². The lowest BCUT2D eigenvalue weighted by atomic mass is 9.73. The number of rotatable bonds is 6. The van der Waals surface area contributed by atoms with Crippen LogP contribution >= 0.6 is 0 Å². The topological polar surface area (TPSA) is 50.1 Å². The minimum atomic E-state index is -0.146. The van der Waals surface area contributed by atoms with Crippen LogP contribution in [0.3, 0.4) is 0 Å². The van der Waals surface area contributed by atoms with Gasteiger partial charge in [-0.2, -0.15) is 5.10 Å². The van der Waals surface area contributed by atoms with E-state index in [4.69, 9.17) is 0 Å². The van der Waals surface area contributed by atoms with Gasteiger partial charge in [-0.15, -0.1) is 0 Å². The smallest absolute Gasteiger partial charge is 0.0605 e. The highest BCUT2D eigenvalue weighted by atomic mass is 16.3. The standard InChI is InChI=1S/C15H27N3O/c1-13(7-11-18-10-5-9-17-18)16-12-15(2)8-4-3-6-14(15)19/h5,9-10,13-14,16,19H,3-4,6-8,11-12H2,1-2H3. The molecule has 1 fully saturated rings. The monoisotopic (exact) mass is 265 g/mol. The number of nitrogens with zero attached hydrogens (tertiary/aromatic N) is 2. The third kappa shape index (κ3) is 4.05. The fourth-order valence-corrected chi connectivity index (χ4v) is 2.86. The Balaban J connectivity index is 1.71. The van der Waals surface area contributed by atoms with Crippen molar-refractivity contribution in [2.75, 3.05) is 6.54 Å². The Morgan fingerprint density at radius 2 is 2.37 bits per heavy atom. The minimum absolute atomic E-state index is 0.0538. The van der Waals surface area contributed by atoms with Gasteiger partial charge in [0.05, 0.1) is 6.10 Å². The van der Waals surface area contributed by atoms with E-state index in [1.165, 1.54) is 12.8 Å². The zero-order chi connectivity index (χ0) is 13.7. The summed E-state index contributed by atoms with van der Waals surface area (Å²) in [5, 5.41) is 18.0. The maximum Gasteiger partial charge on any atom is 0.0605 e. The SMILES string of the molecule is CC(CCn1cccn1)NCC1(C)CCCCC1O. The molecule has 2 rings (SSSR count). The first-order valence-corrected chi connectivity index (χ1v) is 7.49. The molecule has 1 saturated carbocycles. The summed E-state index contributed by atoms with van der Waals surface area (Å²) in [6.07, 6.45) is 9.24. The summed E-state index contributed by atoms with van der Waals surface area (Å²) in [6, 6.07) is 2.41. The first-order valence-electron chi connectivity index (χ1n) is 7.49. The van der Waals surface area contributed by atoms with E-state index in [1.807, 2.05) is 23.1 Å². The molecule has 0 radical (unpaired) electrons. The van der Waals surface area contributed by atoms with Gasteiger partial charge < -0.3 is 10.4 Å². The normalized spacial score (nSPS) is 29.3. The zero-order valence-corrected chi connectivity index (χ0v) is 12.2. The van der Waals surface area contributed by atoms with Crippen LogP contribution in [-0.4, -0.2) is 33.6 Å². The molecule has 1 aromatic rings. The molecule has 19 heavy (non-hydrogen) atoms. The molecule has 3 atom stereocenters. The molecule has 2 N–H and O–H groups in total. The second-order valence-corrected chi connectivity index (χ2v) is 6.26. The summed E-state index contributed by atoms with van der Waals surface area (Å²) in [4.78, 5) is 0. The van der Waals surface area contributed by atoms with Crippen LogP contribution < -0.4 is 5.32 Å². The van der Waals surface area contributed by atoms with Crippen molar-refractivity contribution in [2.45, 2.75) is 64.6 Å². The lowest BCUT2D eigenvalue weighted by molar-refractivity contribution is -0.000168. The molecular weight excluding hydrogens is 238 g/mol. The Morgan fingerprint density at radius 3 is 3.05 bits per heavy atom. The fraction of sp³-hybridized carbons (Fsp3) is 0.800. The summed E-state index contributed by atoms with van der Waals surface area (Å²) >= 11 is 0. The van der Waals surface area contributed by atoms with E-state index in [-0.39, 0.29) is 11.5 Å². The molecule has 0 saturated heterocycles. The molecule has 1 aromatic heterocycles. The second kappa shape index (κ2) is 6.53. The predicted octanol–water partition coefficient (Wildman–Crippen LogP) is 2.19. The van der Waals surface area contributed by atoms with E-state index < -0.39 is 0 Å². The van der Waals surface area contributed by atoms with Crippen molar-refractivity contribution >= 4 is 0 Å². The largest absolute Gasteiger partial charge is 0.393 e. The first-order chi connectivity index (χ1) is 9.10. The lowest BCUT2D eigenvalue weighted by Gasteiger charge is -2.39. The number of aliphatic hydroxyl groups is 1. The summed E-state index contributed by atoms with van der Waals surface area (Å²) in [6.45, 7) is 6.28. The summed E-state index contributed by atoms with van der Waals surface area (Å²) in [5.74, 6) is 0. The molecule has 1 heterocycles. The Bertz CT molecular complexity index is 365. The average Bonchev–Trinajstić information content (AvgIpc) is 2.91. The highest BCUT2D eigenvalue weighted by Gasteiger charge is 2.35. The van der Waals surface area contributed by atoms with Crippen LogP contribution in [0.4, 0.5) is 0 Å². The molecule has 108 valence electrons. The second-order valence-electron chi connectivity index (χ2n) is 6.26. The van der Waals surface area contributed by atoms with Crippen molar-refractivity contribution in [3.05, 3.63) is 18.5 Å². The Hall–Kier alpha value is -0.870. The third-order valence-electron chi connectivity index (χ3n) is 4.48. The molecule has 1 aliphatic rings. The molecule has 4 nitrogen and oxygen atoms in total. The molecule has 4 heteroatoms. The average molecular weight is 265 g/mol. The van der Waals surface area contributed by atoms with Crippen LogP contribution in [-0.2, 0) is 6.54 Å². The van der Waals surface area contributed by atoms with E-state index >= 15 is 0 Å². The van der Waals surface area contributed by atoms with Gasteiger partial charge in [0, 0.05) is 36.9 Å². The summed E-state index contributed by atoms with van der Waals surface area (Å²) in [7, 11) is 0. The summed E-state index contributed by atoms with van der Waals surface area (Å²) in [5.41, 5.74) is 0.0538. The highest BCUT2D eigenvalue weighted by molar-refractivity contribution is 4.88. The minimum Gasteiger partial charge on any atom is -0.393 e. The van der Waals surface area contributed by atoms with Gasteiger partial charge in [0.2, 0.25) is 0 Å². The van der Waals surface area contributed by atoms with Crippen LogP contribution in [0, 0.1) is 5.41 Å². The Labute approximate surface area is 116 Å². The van der Waals surface area contributed by atoms with Crippen molar-refractivity contribution in [1.82, 2.24) is 15.1 Å². The quantitative estimate of drug-likeness (QED) is 0.829. The van der Waals surface area contributed by atoms with Gasteiger partial charge in [-0.3, -0.25) is 4.68 Å². The van der Waals surface area contributed by atoms with Gasteiger partial charge in [0.15, 0.2) is 0 Å². The molecule has 1 aliphatic carbocycles. The van der Waals surface area contributed by atoms with Crippen molar-refractivity contribution in [3.8, 4) is 0 Å². The van der Waals surface area contributed by atoms with Crippen molar-refractivity contribution in [2.24, 2.45) is 5.41 Å². The number of aliphatic hydroxyl groups excluding tert-OH is 1. The maximum absolute atomic E-state index is 10.2. The van der Waals surface area contributed by atoms with E-state index in [0.29, 0.717) is 6.04 Å². The van der Waals surface area contributed by atoms with Gasteiger partial charge >= 0.3 is 0 Å². The van der Waals surface area contributed by atoms with Crippen LogP contribution in [0.1, 0.15) is 46.0 Å². The van der Waals surface area contributed by atoms with Gasteiger partial charge in [-0.1, -0.05) is 19.8 Å².